The Hall–Kier alpha value is -2.79. The average Bonchev–Trinajstić information content (AvgIpc) is 3.25. The van der Waals surface area contributed by atoms with E-state index in [2.05, 4.69) is 10.4 Å². The maximum absolute atomic E-state index is 12.5. The molecular formula is C19H16ClN3O2. The van der Waals surface area contributed by atoms with Gasteiger partial charge in [0, 0.05) is 23.8 Å². The molecule has 0 spiro atoms. The molecule has 4 rings (SSSR count). The van der Waals surface area contributed by atoms with Crippen molar-refractivity contribution in [3.8, 4) is 11.4 Å². The first-order valence-electron chi connectivity index (χ1n) is 8.03. The van der Waals surface area contributed by atoms with E-state index >= 15 is 0 Å². The molecule has 2 heterocycles. The van der Waals surface area contributed by atoms with Crippen LogP contribution in [0.5, 0.6) is 5.75 Å². The number of hydrogen-bond acceptors (Lipinski definition) is 3. The lowest BCUT2D eigenvalue weighted by Gasteiger charge is -2.12. The van der Waals surface area contributed by atoms with Crippen molar-refractivity contribution in [1.82, 2.24) is 9.78 Å². The van der Waals surface area contributed by atoms with E-state index in [-0.39, 0.29) is 5.91 Å². The van der Waals surface area contributed by atoms with Crippen LogP contribution < -0.4 is 10.1 Å². The van der Waals surface area contributed by atoms with E-state index in [1.807, 2.05) is 36.5 Å². The van der Waals surface area contributed by atoms with Gasteiger partial charge in [-0.2, -0.15) is 5.10 Å². The third-order valence-corrected chi connectivity index (χ3v) is 4.34. The summed E-state index contributed by atoms with van der Waals surface area (Å²) in [4.78, 5) is 12.5. The fraction of sp³-hybridized carbons (Fsp3) is 0.158. The van der Waals surface area contributed by atoms with E-state index in [0.717, 1.165) is 29.0 Å². The molecule has 25 heavy (non-hydrogen) atoms. The molecule has 1 aliphatic rings. The third-order valence-electron chi connectivity index (χ3n) is 4.10. The first kappa shape index (κ1) is 15.7. The van der Waals surface area contributed by atoms with Crippen LogP contribution in [0.3, 0.4) is 0 Å². The number of amides is 1. The Labute approximate surface area is 150 Å². The highest BCUT2D eigenvalue weighted by atomic mass is 35.5. The van der Waals surface area contributed by atoms with Crippen LogP contribution >= 0.6 is 11.6 Å². The van der Waals surface area contributed by atoms with Crippen LogP contribution in [0.25, 0.3) is 5.69 Å². The maximum Gasteiger partial charge on any atom is 0.228 e. The zero-order chi connectivity index (χ0) is 17.2. The molecule has 0 aliphatic carbocycles. The minimum absolute atomic E-state index is 0.102. The fourth-order valence-electron chi connectivity index (χ4n) is 2.95. The smallest absolute Gasteiger partial charge is 0.228 e. The predicted molar refractivity (Wildman–Crippen MR) is 96.5 cm³/mol. The van der Waals surface area contributed by atoms with Crippen LogP contribution in [-0.4, -0.2) is 22.3 Å². The minimum atomic E-state index is -0.102. The summed E-state index contributed by atoms with van der Waals surface area (Å²) in [6, 6.07) is 13.1. The molecule has 0 unspecified atom stereocenters. The summed E-state index contributed by atoms with van der Waals surface area (Å²) in [6.07, 6.45) is 4.69. The van der Waals surface area contributed by atoms with E-state index in [0.29, 0.717) is 23.7 Å². The first-order valence-corrected chi connectivity index (χ1v) is 8.41. The lowest BCUT2D eigenvalue weighted by atomic mass is 10.1. The number of nitrogens with zero attached hydrogens (tertiary/aromatic N) is 2. The normalized spacial score (nSPS) is 12.5. The third kappa shape index (κ3) is 3.37. The van der Waals surface area contributed by atoms with Gasteiger partial charge in [0.25, 0.3) is 0 Å². The Morgan fingerprint density at radius 3 is 3.04 bits per heavy atom. The van der Waals surface area contributed by atoms with Crippen LogP contribution in [-0.2, 0) is 17.6 Å². The average molecular weight is 354 g/mol. The molecule has 0 radical (unpaired) electrons. The van der Waals surface area contributed by atoms with Gasteiger partial charge in [-0.3, -0.25) is 4.79 Å². The first-order chi connectivity index (χ1) is 12.2. The number of fused-ring (bicyclic) bond motifs is 1. The monoisotopic (exact) mass is 353 g/mol. The summed E-state index contributed by atoms with van der Waals surface area (Å²) in [5.74, 6) is 0.814. The molecule has 3 aromatic rings. The second-order valence-corrected chi connectivity index (χ2v) is 6.31. The second-order valence-electron chi connectivity index (χ2n) is 5.88. The summed E-state index contributed by atoms with van der Waals surface area (Å²) < 4.78 is 7.19. The zero-order valence-corrected chi connectivity index (χ0v) is 14.2. The van der Waals surface area contributed by atoms with E-state index < -0.39 is 0 Å². The topological polar surface area (TPSA) is 56.1 Å². The number of ether oxygens (including phenoxy) is 1. The van der Waals surface area contributed by atoms with Crippen LogP contribution in [0.2, 0.25) is 5.02 Å². The number of carbonyl (C=O) groups is 1. The van der Waals surface area contributed by atoms with Gasteiger partial charge >= 0.3 is 0 Å². The molecule has 1 amide bonds. The summed E-state index contributed by atoms with van der Waals surface area (Å²) in [6.45, 7) is 0.709. The molecular weight excluding hydrogens is 338 g/mol. The summed E-state index contributed by atoms with van der Waals surface area (Å²) in [7, 11) is 0. The Morgan fingerprint density at radius 1 is 1.28 bits per heavy atom. The molecule has 126 valence electrons. The van der Waals surface area contributed by atoms with E-state index in [9.17, 15) is 4.79 Å². The van der Waals surface area contributed by atoms with Crippen molar-refractivity contribution < 1.29 is 9.53 Å². The molecule has 5 nitrogen and oxygen atoms in total. The number of benzene rings is 2. The molecule has 6 heteroatoms. The van der Waals surface area contributed by atoms with Gasteiger partial charge in [-0.15, -0.1) is 0 Å². The molecule has 1 aliphatic heterocycles. The summed E-state index contributed by atoms with van der Waals surface area (Å²) in [5, 5.41) is 7.71. The van der Waals surface area contributed by atoms with Gasteiger partial charge in [0.05, 0.1) is 24.4 Å². The van der Waals surface area contributed by atoms with Crippen LogP contribution in [0.4, 0.5) is 5.69 Å². The number of anilines is 1. The zero-order valence-electron chi connectivity index (χ0n) is 13.4. The molecule has 0 bridgehead atoms. The van der Waals surface area contributed by atoms with E-state index in [1.165, 1.54) is 0 Å². The highest BCUT2D eigenvalue weighted by Crippen LogP contribution is 2.27. The number of carbonyl (C=O) groups excluding carboxylic acids is 1. The van der Waals surface area contributed by atoms with Gasteiger partial charge in [-0.1, -0.05) is 23.7 Å². The van der Waals surface area contributed by atoms with Crippen LogP contribution in [0.15, 0.2) is 54.9 Å². The Morgan fingerprint density at radius 2 is 2.20 bits per heavy atom. The molecule has 1 N–H and O–H groups in total. The van der Waals surface area contributed by atoms with Gasteiger partial charge < -0.3 is 10.1 Å². The Bertz CT molecular complexity index is 922. The van der Waals surface area contributed by atoms with Crippen molar-refractivity contribution in [1.29, 1.82) is 0 Å². The van der Waals surface area contributed by atoms with Crippen molar-refractivity contribution in [2.45, 2.75) is 12.8 Å². The molecule has 0 fully saturated rings. The van der Waals surface area contributed by atoms with Gasteiger partial charge in [0.1, 0.15) is 5.75 Å². The molecule has 0 atom stereocenters. The predicted octanol–water partition coefficient (Wildman–Crippen LogP) is 3.64. The van der Waals surface area contributed by atoms with Gasteiger partial charge in [0.2, 0.25) is 5.91 Å². The second kappa shape index (κ2) is 6.61. The number of halogens is 1. The van der Waals surface area contributed by atoms with Crippen molar-refractivity contribution in [2.75, 3.05) is 11.9 Å². The van der Waals surface area contributed by atoms with Crippen LogP contribution in [0.1, 0.15) is 11.1 Å². The van der Waals surface area contributed by atoms with Crippen molar-refractivity contribution in [2.24, 2.45) is 0 Å². The van der Waals surface area contributed by atoms with Gasteiger partial charge in [-0.05, 0) is 41.5 Å². The lowest BCUT2D eigenvalue weighted by Crippen LogP contribution is -2.16. The van der Waals surface area contributed by atoms with Crippen molar-refractivity contribution in [3.05, 3.63) is 71.0 Å². The molecule has 1 aromatic heterocycles. The van der Waals surface area contributed by atoms with E-state index in [4.69, 9.17) is 16.3 Å². The van der Waals surface area contributed by atoms with Gasteiger partial charge in [-0.25, -0.2) is 4.68 Å². The number of aromatic nitrogens is 2. The SMILES string of the molecule is O=C(Cc1ccc2c(c1)CCO2)Nc1cc(Cl)ccc1-n1cccn1. The number of nitrogens with one attached hydrogen (secondary N) is 1. The van der Waals surface area contributed by atoms with Crippen molar-refractivity contribution >= 4 is 23.2 Å². The standard InChI is InChI=1S/C19H16ClN3O2/c20-15-3-4-17(23-8-1-7-21-23)16(12-15)22-19(24)11-13-2-5-18-14(10-13)6-9-25-18/h1-5,7-8,10,12H,6,9,11H2,(H,22,24). The summed E-state index contributed by atoms with van der Waals surface area (Å²) >= 11 is 6.09. The van der Waals surface area contributed by atoms with Crippen molar-refractivity contribution in [3.63, 3.8) is 0 Å². The molecule has 2 aromatic carbocycles. The minimum Gasteiger partial charge on any atom is -0.493 e. The van der Waals surface area contributed by atoms with Crippen LogP contribution in [0, 0.1) is 0 Å². The lowest BCUT2D eigenvalue weighted by molar-refractivity contribution is -0.115. The quantitative estimate of drug-likeness (QED) is 0.779. The van der Waals surface area contributed by atoms with Gasteiger partial charge in [0.15, 0.2) is 0 Å². The molecule has 0 saturated carbocycles. The number of hydrogen-bond donors (Lipinski definition) is 1. The largest absolute Gasteiger partial charge is 0.493 e. The maximum atomic E-state index is 12.5. The highest BCUT2D eigenvalue weighted by molar-refractivity contribution is 6.31. The Balaban J connectivity index is 1.54. The fourth-order valence-corrected chi connectivity index (χ4v) is 3.12. The summed E-state index contributed by atoms with van der Waals surface area (Å²) in [5.41, 5.74) is 3.52. The number of rotatable bonds is 4. The molecule has 0 saturated heterocycles. The highest BCUT2D eigenvalue weighted by Gasteiger charge is 2.14. The Kier molecular flexibility index (Phi) is 4.15. The van der Waals surface area contributed by atoms with E-state index in [1.54, 1.807) is 23.0 Å².